The SMILES string of the molecule is COc1ccc(NC(=O)[C@H](C)N2C(=O)[C@@H]3[C@H]4C=C[C@@H]([C@@H]5C[C@@H]45)[C@H]3C2=O)c(OC)c1. The van der Waals surface area contributed by atoms with Crippen molar-refractivity contribution in [1.29, 1.82) is 0 Å². The Morgan fingerprint density at radius 1 is 1.07 bits per heavy atom. The predicted molar refractivity (Wildman–Crippen MR) is 104 cm³/mol. The molecule has 7 atom stereocenters. The van der Waals surface area contributed by atoms with Crippen LogP contribution in [-0.2, 0) is 14.4 Å². The van der Waals surface area contributed by atoms with E-state index >= 15 is 0 Å². The van der Waals surface area contributed by atoms with Gasteiger partial charge in [-0.2, -0.15) is 0 Å². The van der Waals surface area contributed by atoms with Crippen molar-refractivity contribution in [3.63, 3.8) is 0 Å². The van der Waals surface area contributed by atoms with Crippen LogP contribution in [0.4, 0.5) is 5.69 Å². The molecule has 152 valence electrons. The molecule has 3 fully saturated rings. The summed E-state index contributed by atoms with van der Waals surface area (Å²) in [5.74, 6) is 0.998. The van der Waals surface area contributed by atoms with E-state index in [1.54, 1.807) is 32.2 Å². The molecule has 1 aliphatic heterocycles. The second-order valence-electron chi connectivity index (χ2n) is 8.43. The van der Waals surface area contributed by atoms with Crippen molar-refractivity contribution >= 4 is 23.4 Å². The van der Waals surface area contributed by atoms with Gasteiger partial charge in [0.05, 0.1) is 31.7 Å². The van der Waals surface area contributed by atoms with Crippen LogP contribution < -0.4 is 14.8 Å². The number of likely N-dealkylation sites (tertiary alicyclic amines) is 1. The van der Waals surface area contributed by atoms with Gasteiger partial charge in [0.25, 0.3) is 0 Å². The third-order valence-electron chi connectivity index (χ3n) is 7.13. The molecule has 3 amide bonds. The molecule has 2 bridgehead atoms. The minimum atomic E-state index is -0.886. The lowest BCUT2D eigenvalue weighted by molar-refractivity contribution is -0.146. The summed E-state index contributed by atoms with van der Waals surface area (Å²) in [6, 6.07) is 4.16. The van der Waals surface area contributed by atoms with Gasteiger partial charge in [0.1, 0.15) is 17.5 Å². The second-order valence-corrected chi connectivity index (χ2v) is 8.43. The maximum Gasteiger partial charge on any atom is 0.247 e. The van der Waals surface area contributed by atoms with Gasteiger partial charge in [0, 0.05) is 6.07 Å². The number of benzene rings is 1. The summed E-state index contributed by atoms with van der Waals surface area (Å²) in [6.45, 7) is 1.61. The Kier molecular flexibility index (Phi) is 3.98. The summed E-state index contributed by atoms with van der Waals surface area (Å²) in [5, 5.41) is 2.79. The molecule has 29 heavy (non-hydrogen) atoms. The lowest BCUT2D eigenvalue weighted by Gasteiger charge is -2.37. The fourth-order valence-electron chi connectivity index (χ4n) is 5.62. The lowest BCUT2D eigenvalue weighted by Crippen LogP contribution is -2.46. The Bertz CT molecular complexity index is 905. The second kappa shape index (κ2) is 6.34. The molecule has 1 aromatic rings. The number of rotatable bonds is 5. The first-order valence-electron chi connectivity index (χ1n) is 10.0. The molecule has 0 aromatic heterocycles. The third-order valence-corrected chi connectivity index (χ3v) is 7.13. The maximum atomic E-state index is 13.2. The average Bonchev–Trinajstić information content (AvgIpc) is 3.51. The fourth-order valence-corrected chi connectivity index (χ4v) is 5.62. The van der Waals surface area contributed by atoms with E-state index in [4.69, 9.17) is 9.47 Å². The van der Waals surface area contributed by atoms with Crippen molar-refractivity contribution in [2.45, 2.75) is 19.4 Å². The highest BCUT2D eigenvalue weighted by molar-refractivity contribution is 6.10. The zero-order valence-corrected chi connectivity index (χ0v) is 16.6. The molecular weight excluding hydrogens is 372 g/mol. The van der Waals surface area contributed by atoms with Crippen molar-refractivity contribution < 1.29 is 23.9 Å². The Labute approximate surface area is 169 Å². The molecule has 6 rings (SSSR count). The number of amides is 3. The van der Waals surface area contributed by atoms with Gasteiger partial charge < -0.3 is 14.8 Å². The van der Waals surface area contributed by atoms with Crippen LogP contribution in [0.25, 0.3) is 0 Å². The summed E-state index contributed by atoms with van der Waals surface area (Å²) in [7, 11) is 3.05. The summed E-state index contributed by atoms with van der Waals surface area (Å²) < 4.78 is 10.5. The van der Waals surface area contributed by atoms with E-state index in [1.165, 1.54) is 12.0 Å². The van der Waals surface area contributed by atoms with Gasteiger partial charge in [0.2, 0.25) is 17.7 Å². The molecule has 1 heterocycles. The number of carbonyl (C=O) groups excluding carboxylic acids is 3. The molecule has 2 saturated carbocycles. The number of imide groups is 1. The molecule has 0 spiro atoms. The highest BCUT2D eigenvalue weighted by Crippen LogP contribution is 2.65. The summed E-state index contributed by atoms with van der Waals surface area (Å²) in [4.78, 5) is 40.4. The number of hydrogen-bond donors (Lipinski definition) is 1. The Hall–Kier alpha value is -2.83. The topological polar surface area (TPSA) is 84.9 Å². The summed E-state index contributed by atoms with van der Waals surface area (Å²) in [6.07, 6.45) is 5.37. The standard InChI is InChI=1S/C22H24N2O5/c1-10(20(25)23-16-7-4-11(28-2)8-17(16)29-3)24-21(26)18-12-5-6-13(15-9-14(12)15)19(18)22(24)27/h4-8,10,12-15,18-19H,9H2,1-3H3,(H,23,25)/t10-,12-,13-,14-,15-,18+,19+/m0/s1. The molecule has 7 nitrogen and oxygen atoms in total. The molecule has 0 radical (unpaired) electrons. The number of nitrogens with zero attached hydrogens (tertiary/aromatic N) is 1. The number of allylic oxidation sites excluding steroid dienone is 2. The largest absolute Gasteiger partial charge is 0.497 e. The normalized spacial score (nSPS) is 34.5. The van der Waals surface area contributed by atoms with Crippen LogP contribution in [0.1, 0.15) is 13.3 Å². The molecule has 0 unspecified atom stereocenters. The molecule has 1 saturated heterocycles. The van der Waals surface area contributed by atoms with Crippen LogP contribution in [0.3, 0.4) is 0 Å². The lowest BCUT2D eigenvalue weighted by atomic mass is 9.63. The number of hydrogen-bond acceptors (Lipinski definition) is 5. The molecular formula is C22H24N2O5. The van der Waals surface area contributed by atoms with Gasteiger partial charge in [0.15, 0.2) is 0 Å². The number of methoxy groups -OCH3 is 2. The van der Waals surface area contributed by atoms with E-state index in [0.29, 0.717) is 29.0 Å². The van der Waals surface area contributed by atoms with Gasteiger partial charge in [-0.15, -0.1) is 0 Å². The number of carbonyl (C=O) groups is 3. The van der Waals surface area contributed by atoms with Crippen molar-refractivity contribution in [2.75, 3.05) is 19.5 Å². The minimum Gasteiger partial charge on any atom is -0.497 e. The monoisotopic (exact) mass is 396 g/mol. The minimum absolute atomic E-state index is 0.147. The van der Waals surface area contributed by atoms with Crippen LogP contribution in [0.15, 0.2) is 30.4 Å². The quantitative estimate of drug-likeness (QED) is 0.609. The van der Waals surface area contributed by atoms with Gasteiger partial charge in [-0.3, -0.25) is 19.3 Å². The van der Waals surface area contributed by atoms with Gasteiger partial charge in [-0.1, -0.05) is 12.2 Å². The zero-order valence-electron chi connectivity index (χ0n) is 16.6. The van der Waals surface area contributed by atoms with Crippen molar-refractivity contribution in [1.82, 2.24) is 4.90 Å². The third kappa shape index (κ3) is 2.52. The first-order valence-corrected chi connectivity index (χ1v) is 10.0. The highest BCUT2D eigenvalue weighted by Gasteiger charge is 2.67. The number of ether oxygens (including phenoxy) is 2. The van der Waals surface area contributed by atoms with Crippen LogP contribution in [-0.4, -0.2) is 42.9 Å². The van der Waals surface area contributed by atoms with Crippen molar-refractivity contribution in [3.05, 3.63) is 30.4 Å². The van der Waals surface area contributed by atoms with Gasteiger partial charge >= 0.3 is 0 Å². The smallest absolute Gasteiger partial charge is 0.247 e. The van der Waals surface area contributed by atoms with Crippen molar-refractivity contribution in [2.24, 2.45) is 35.5 Å². The first-order chi connectivity index (χ1) is 14.0. The molecule has 5 aliphatic rings. The molecule has 7 heteroatoms. The van der Waals surface area contributed by atoms with E-state index < -0.39 is 11.9 Å². The number of nitrogens with one attached hydrogen (secondary N) is 1. The van der Waals surface area contributed by atoms with E-state index in [2.05, 4.69) is 17.5 Å². The van der Waals surface area contributed by atoms with Gasteiger partial charge in [-0.05, 0) is 49.1 Å². The van der Waals surface area contributed by atoms with E-state index in [0.717, 1.165) is 6.42 Å². The molecule has 1 N–H and O–H groups in total. The average molecular weight is 396 g/mol. The van der Waals surface area contributed by atoms with Gasteiger partial charge in [-0.25, -0.2) is 0 Å². The fraction of sp³-hybridized carbons (Fsp3) is 0.500. The molecule has 4 aliphatic carbocycles. The van der Waals surface area contributed by atoms with Crippen LogP contribution in [0, 0.1) is 35.5 Å². The zero-order chi connectivity index (χ0) is 20.4. The summed E-state index contributed by atoms with van der Waals surface area (Å²) >= 11 is 0. The summed E-state index contributed by atoms with van der Waals surface area (Å²) in [5.41, 5.74) is 0.463. The first kappa shape index (κ1) is 18.2. The van der Waals surface area contributed by atoms with E-state index in [-0.39, 0.29) is 35.5 Å². The number of anilines is 1. The van der Waals surface area contributed by atoms with Crippen LogP contribution >= 0.6 is 0 Å². The van der Waals surface area contributed by atoms with Crippen LogP contribution in [0.5, 0.6) is 11.5 Å². The predicted octanol–water partition coefficient (Wildman–Crippen LogP) is 2.08. The Balaban J connectivity index is 1.36. The van der Waals surface area contributed by atoms with E-state index in [1.807, 2.05) is 0 Å². The Morgan fingerprint density at radius 3 is 2.24 bits per heavy atom. The molecule has 1 aromatic carbocycles. The maximum absolute atomic E-state index is 13.2. The van der Waals surface area contributed by atoms with E-state index in [9.17, 15) is 14.4 Å². The highest BCUT2D eigenvalue weighted by atomic mass is 16.5. The van der Waals surface area contributed by atoms with Crippen LogP contribution in [0.2, 0.25) is 0 Å². The Morgan fingerprint density at radius 2 is 1.69 bits per heavy atom. The van der Waals surface area contributed by atoms with Crippen molar-refractivity contribution in [3.8, 4) is 11.5 Å².